The number of aryl methyl sites for hydroxylation is 1. The summed E-state index contributed by atoms with van der Waals surface area (Å²) in [5, 5.41) is 0. The summed E-state index contributed by atoms with van der Waals surface area (Å²) < 4.78 is 33.6. The molecule has 1 aliphatic heterocycles. The van der Waals surface area contributed by atoms with Crippen molar-refractivity contribution in [3.63, 3.8) is 0 Å². The molecule has 24 heavy (non-hydrogen) atoms. The van der Waals surface area contributed by atoms with Crippen molar-refractivity contribution in [1.29, 1.82) is 0 Å². The Labute approximate surface area is 144 Å². The van der Waals surface area contributed by atoms with Gasteiger partial charge < -0.3 is 4.74 Å². The lowest BCUT2D eigenvalue weighted by molar-refractivity contribution is -0.0265. The van der Waals surface area contributed by atoms with Crippen LogP contribution in [0.3, 0.4) is 0 Å². The lowest BCUT2D eigenvalue weighted by Crippen LogP contribution is -2.51. The fourth-order valence-electron chi connectivity index (χ4n) is 3.10. The van der Waals surface area contributed by atoms with Gasteiger partial charge in [0.1, 0.15) is 0 Å². The second-order valence-electron chi connectivity index (χ2n) is 6.33. The van der Waals surface area contributed by atoms with Gasteiger partial charge in [0.05, 0.1) is 17.6 Å². The number of benzene rings is 2. The third-order valence-electron chi connectivity index (χ3n) is 4.43. The van der Waals surface area contributed by atoms with E-state index >= 15 is 0 Å². The number of rotatable bonds is 4. The maximum atomic E-state index is 13.1. The zero-order chi connectivity index (χ0) is 17.2. The standard InChI is InChI=1S/C19H23NO3S/c1-15-8-6-7-11-19(15)24(21,22)20-13-18(23-14-16(20)2)12-17-9-4-3-5-10-17/h3-11,16,18H,12-14H2,1-2H3. The zero-order valence-electron chi connectivity index (χ0n) is 14.1. The van der Waals surface area contributed by atoms with Gasteiger partial charge in [0.15, 0.2) is 0 Å². The van der Waals surface area contributed by atoms with E-state index in [4.69, 9.17) is 4.74 Å². The van der Waals surface area contributed by atoms with Gasteiger partial charge in [0.2, 0.25) is 10.0 Å². The van der Waals surface area contributed by atoms with Gasteiger partial charge in [-0.2, -0.15) is 4.31 Å². The van der Waals surface area contributed by atoms with Crippen LogP contribution in [0.4, 0.5) is 0 Å². The van der Waals surface area contributed by atoms with Gasteiger partial charge in [-0.05, 0) is 37.5 Å². The number of hydrogen-bond acceptors (Lipinski definition) is 3. The number of ether oxygens (including phenoxy) is 1. The van der Waals surface area contributed by atoms with Crippen molar-refractivity contribution in [1.82, 2.24) is 4.31 Å². The van der Waals surface area contributed by atoms with Crippen LogP contribution in [0.15, 0.2) is 59.5 Å². The monoisotopic (exact) mass is 345 g/mol. The SMILES string of the molecule is Cc1ccccc1S(=O)(=O)N1CC(Cc2ccccc2)OCC1C. The second kappa shape index (κ2) is 7.05. The zero-order valence-corrected chi connectivity index (χ0v) is 14.9. The van der Waals surface area contributed by atoms with Crippen LogP contribution in [0.5, 0.6) is 0 Å². The molecule has 2 unspecified atom stereocenters. The lowest BCUT2D eigenvalue weighted by atomic mass is 10.1. The van der Waals surface area contributed by atoms with Crippen molar-refractivity contribution in [3.05, 3.63) is 65.7 Å². The Bertz CT molecular complexity index is 789. The van der Waals surface area contributed by atoms with Crippen molar-refractivity contribution >= 4 is 10.0 Å². The molecule has 0 radical (unpaired) electrons. The molecular weight excluding hydrogens is 322 g/mol. The van der Waals surface area contributed by atoms with Gasteiger partial charge >= 0.3 is 0 Å². The van der Waals surface area contributed by atoms with Gasteiger partial charge in [0, 0.05) is 12.6 Å². The van der Waals surface area contributed by atoms with Crippen LogP contribution in [0.1, 0.15) is 18.1 Å². The second-order valence-corrected chi connectivity index (χ2v) is 8.19. The first-order valence-corrected chi connectivity index (χ1v) is 9.65. The van der Waals surface area contributed by atoms with Crippen molar-refractivity contribution in [2.24, 2.45) is 0 Å². The Morgan fingerprint density at radius 1 is 1.08 bits per heavy atom. The van der Waals surface area contributed by atoms with E-state index in [0.717, 1.165) is 11.1 Å². The average Bonchev–Trinajstić information content (AvgIpc) is 2.57. The topological polar surface area (TPSA) is 46.6 Å². The smallest absolute Gasteiger partial charge is 0.243 e. The molecule has 0 spiro atoms. The van der Waals surface area contributed by atoms with Gasteiger partial charge in [0.25, 0.3) is 0 Å². The maximum Gasteiger partial charge on any atom is 0.243 e. The quantitative estimate of drug-likeness (QED) is 0.856. The molecule has 1 fully saturated rings. The average molecular weight is 345 g/mol. The van der Waals surface area contributed by atoms with Crippen LogP contribution in [0.25, 0.3) is 0 Å². The summed E-state index contributed by atoms with van der Waals surface area (Å²) in [6.07, 6.45) is 0.593. The Balaban J connectivity index is 1.82. The Kier molecular flexibility index (Phi) is 5.04. The highest BCUT2D eigenvalue weighted by molar-refractivity contribution is 7.89. The Morgan fingerprint density at radius 3 is 2.46 bits per heavy atom. The maximum absolute atomic E-state index is 13.1. The molecule has 0 N–H and O–H groups in total. The summed E-state index contributed by atoms with van der Waals surface area (Å²) in [6.45, 7) is 4.53. The highest BCUT2D eigenvalue weighted by Crippen LogP contribution is 2.25. The molecule has 1 saturated heterocycles. The molecule has 3 rings (SSSR count). The first-order valence-electron chi connectivity index (χ1n) is 8.21. The molecule has 1 heterocycles. The van der Waals surface area contributed by atoms with Crippen LogP contribution >= 0.6 is 0 Å². The molecular formula is C19H23NO3S. The normalized spacial score (nSPS) is 22.4. The fourth-order valence-corrected chi connectivity index (χ4v) is 4.97. The van der Waals surface area contributed by atoms with Crippen molar-refractivity contribution < 1.29 is 13.2 Å². The number of sulfonamides is 1. The molecule has 2 aromatic rings. The molecule has 0 aliphatic carbocycles. The van der Waals surface area contributed by atoms with E-state index < -0.39 is 10.0 Å². The largest absolute Gasteiger partial charge is 0.375 e. The van der Waals surface area contributed by atoms with Crippen LogP contribution in [-0.4, -0.2) is 38.0 Å². The molecule has 0 bridgehead atoms. The van der Waals surface area contributed by atoms with Gasteiger partial charge in [-0.1, -0.05) is 48.5 Å². The number of nitrogens with zero attached hydrogens (tertiary/aromatic N) is 1. The highest BCUT2D eigenvalue weighted by Gasteiger charge is 2.36. The summed E-state index contributed by atoms with van der Waals surface area (Å²) in [7, 11) is -3.51. The molecule has 128 valence electrons. The van der Waals surface area contributed by atoms with E-state index in [2.05, 4.69) is 0 Å². The minimum absolute atomic E-state index is 0.123. The molecule has 2 aromatic carbocycles. The number of morpholine rings is 1. The van der Waals surface area contributed by atoms with Crippen molar-refractivity contribution in [3.8, 4) is 0 Å². The summed E-state index contributed by atoms with van der Waals surface area (Å²) >= 11 is 0. The Hall–Kier alpha value is -1.69. The first kappa shape index (κ1) is 17.1. The van der Waals surface area contributed by atoms with Crippen LogP contribution in [0, 0.1) is 6.92 Å². The van der Waals surface area contributed by atoms with E-state index in [1.54, 1.807) is 16.4 Å². The summed E-state index contributed by atoms with van der Waals surface area (Å²) in [4.78, 5) is 0.386. The van der Waals surface area contributed by atoms with Gasteiger partial charge in [-0.3, -0.25) is 0 Å². The third-order valence-corrected chi connectivity index (χ3v) is 6.58. The predicted molar refractivity (Wildman–Crippen MR) is 94.4 cm³/mol. The van der Waals surface area contributed by atoms with Crippen LogP contribution in [-0.2, 0) is 21.2 Å². The molecule has 0 aromatic heterocycles. The highest BCUT2D eigenvalue weighted by atomic mass is 32.2. The summed E-state index contributed by atoms with van der Waals surface area (Å²) in [6, 6.07) is 17.0. The van der Waals surface area contributed by atoms with Crippen molar-refractivity contribution in [2.75, 3.05) is 13.2 Å². The summed E-state index contributed by atoms with van der Waals surface area (Å²) in [5.74, 6) is 0. The molecule has 0 saturated carbocycles. The Morgan fingerprint density at radius 2 is 1.75 bits per heavy atom. The van der Waals surface area contributed by atoms with E-state index in [1.807, 2.05) is 56.3 Å². The van der Waals surface area contributed by atoms with Crippen molar-refractivity contribution in [2.45, 2.75) is 37.3 Å². The van der Waals surface area contributed by atoms with E-state index in [0.29, 0.717) is 24.5 Å². The molecule has 1 aliphatic rings. The lowest BCUT2D eigenvalue weighted by Gasteiger charge is -2.37. The van der Waals surface area contributed by atoms with E-state index in [9.17, 15) is 8.42 Å². The molecule has 4 nitrogen and oxygen atoms in total. The third kappa shape index (κ3) is 3.53. The van der Waals surface area contributed by atoms with Crippen LogP contribution < -0.4 is 0 Å². The molecule has 5 heteroatoms. The van der Waals surface area contributed by atoms with Crippen LogP contribution in [0.2, 0.25) is 0 Å². The number of hydrogen-bond donors (Lipinski definition) is 0. The molecule has 0 amide bonds. The summed E-state index contributed by atoms with van der Waals surface area (Å²) in [5.41, 5.74) is 1.93. The molecule has 2 atom stereocenters. The minimum atomic E-state index is -3.51. The fraction of sp³-hybridized carbons (Fsp3) is 0.368. The predicted octanol–water partition coefficient (Wildman–Crippen LogP) is 3.02. The minimum Gasteiger partial charge on any atom is -0.375 e. The van der Waals surface area contributed by atoms with E-state index in [-0.39, 0.29) is 12.1 Å². The first-order chi connectivity index (χ1) is 11.5. The van der Waals surface area contributed by atoms with Gasteiger partial charge in [-0.15, -0.1) is 0 Å². The van der Waals surface area contributed by atoms with Gasteiger partial charge in [-0.25, -0.2) is 8.42 Å². The van der Waals surface area contributed by atoms with E-state index in [1.165, 1.54) is 0 Å².